The lowest BCUT2D eigenvalue weighted by molar-refractivity contribution is 0.0948. The molecule has 0 atom stereocenters. The van der Waals surface area contributed by atoms with Gasteiger partial charge in [-0.1, -0.05) is 0 Å². The molecule has 15 heavy (non-hydrogen) atoms. The van der Waals surface area contributed by atoms with Crippen LogP contribution in [0.15, 0.2) is 17.2 Å². The number of carbonyl (C=O) groups is 1. The normalized spacial score (nSPS) is 9.93. The Morgan fingerprint density at radius 1 is 1.53 bits per heavy atom. The standard InChI is InChI=1S/C9H14N4O2/c1-10-3-2-4-11-9(15)7-5-13-8(14)6-12-7/h5-6,10H,2-4H2,1H3,(H,11,15)(H,13,14). The van der Waals surface area contributed by atoms with Gasteiger partial charge in [0.05, 0.1) is 6.20 Å². The van der Waals surface area contributed by atoms with Crippen molar-refractivity contribution in [1.82, 2.24) is 20.6 Å². The third kappa shape index (κ3) is 3.90. The topological polar surface area (TPSA) is 86.9 Å². The number of carbonyl (C=O) groups excluding carboxylic acids is 1. The van der Waals surface area contributed by atoms with Crippen molar-refractivity contribution in [3.05, 3.63) is 28.4 Å². The minimum Gasteiger partial charge on any atom is -0.351 e. The molecule has 1 rings (SSSR count). The molecule has 0 radical (unpaired) electrons. The molecule has 1 heterocycles. The summed E-state index contributed by atoms with van der Waals surface area (Å²) in [6.07, 6.45) is 3.24. The third-order valence-electron chi connectivity index (χ3n) is 1.79. The molecular weight excluding hydrogens is 196 g/mol. The molecule has 0 saturated heterocycles. The summed E-state index contributed by atoms with van der Waals surface area (Å²) in [6.45, 7) is 1.43. The van der Waals surface area contributed by atoms with Crippen LogP contribution in [-0.4, -0.2) is 36.0 Å². The second-order valence-electron chi connectivity index (χ2n) is 3.01. The maximum absolute atomic E-state index is 11.4. The van der Waals surface area contributed by atoms with Gasteiger partial charge in [0.1, 0.15) is 5.69 Å². The van der Waals surface area contributed by atoms with Crippen molar-refractivity contribution in [3.8, 4) is 0 Å². The molecule has 0 aromatic carbocycles. The van der Waals surface area contributed by atoms with Gasteiger partial charge < -0.3 is 15.6 Å². The smallest absolute Gasteiger partial charge is 0.271 e. The molecule has 0 unspecified atom stereocenters. The molecule has 0 aliphatic rings. The first kappa shape index (κ1) is 11.4. The number of aromatic amines is 1. The van der Waals surface area contributed by atoms with Crippen LogP contribution in [0, 0.1) is 0 Å². The molecule has 0 fully saturated rings. The lowest BCUT2D eigenvalue weighted by Crippen LogP contribution is -2.28. The van der Waals surface area contributed by atoms with Crippen molar-refractivity contribution in [2.75, 3.05) is 20.1 Å². The maximum Gasteiger partial charge on any atom is 0.271 e. The largest absolute Gasteiger partial charge is 0.351 e. The van der Waals surface area contributed by atoms with Gasteiger partial charge in [0, 0.05) is 12.7 Å². The van der Waals surface area contributed by atoms with Gasteiger partial charge in [0.25, 0.3) is 11.5 Å². The Labute approximate surface area is 87.1 Å². The SMILES string of the molecule is CNCCCNC(=O)c1c[nH]c(=O)cn1. The van der Waals surface area contributed by atoms with E-state index < -0.39 is 0 Å². The highest BCUT2D eigenvalue weighted by Gasteiger charge is 2.05. The van der Waals surface area contributed by atoms with E-state index in [0.717, 1.165) is 19.2 Å². The molecule has 6 nitrogen and oxygen atoms in total. The van der Waals surface area contributed by atoms with E-state index in [9.17, 15) is 9.59 Å². The average Bonchev–Trinajstić information content (AvgIpc) is 2.25. The Balaban J connectivity index is 2.40. The van der Waals surface area contributed by atoms with Crippen LogP contribution < -0.4 is 16.2 Å². The Kier molecular flexibility index (Phi) is 4.49. The van der Waals surface area contributed by atoms with Gasteiger partial charge in [-0.15, -0.1) is 0 Å². The fraction of sp³-hybridized carbons (Fsp3) is 0.444. The second-order valence-corrected chi connectivity index (χ2v) is 3.01. The van der Waals surface area contributed by atoms with E-state index in [0.29, 0.717) is 6.54 Å². The van der Waals surface area contributed by atoms with Gasteiger partial charge in [-0.05, 0) is 20.0 Å². The number of rotatable bonds is 5. The van der Waals surface area contributed by atoms with Crippen molar-refractivity contribution < 1.29 is 4.79 Å². The zero-order chi connectivity index (χ0) is 11.1. The van der Waals surface area contributed by atoms with Crippen LogP contribution >= 0.6 is 0 Å². The van der Waals surface area contributed by atoms with Crippen molar-refractivity contribution in [2.45, 2.75) is 6.42 Å². The highest BCUT2D eigenvalue weighted by molar-refractivity contribution is 5.91. The predicted octanol–water partition coefficient (Wildman–Crippen LogP) is -0.891. The van der Waals surface area contributed by atoms with E-state index in [1.807, 2.05) is 7.05 Å². The Morgan fingerprint density at radius 2 is 2.33 bits per heavy atom. The fourth-order valence-electron chi connectivity index (χ4n) is 1.02. The molecular formula is C9H14N4O2. The monoisotopic (exact) mass is 210 g/mol. The van der Waals surface area contributed by atoms with E-state index in [1.165, 1.54) is 6.20 Å². The van der Waals surface area contributed by atoms with E-state index in [4.69, 9.17) is 0 Å². The number of nitrogens with zero attached hydrogens (tertiary/aromatic N) is 1. The summed E-state index contributed by atoms with van der Waals surface area (Å²) in [5.74, 6) is -0.276. The zero-order valence-electron chi connectivity index (χ0n) is 8.54. The number of nitrogens with one attached hydrogen (secondary N) is 3. The molecule has 3 N–H and O–H groups in total. The first-order valence-corrected chi connectivity index (χ1v) is 4.71. The minimum atomic E-state index is -0.318. The van der Waals surface area contributed by atoms with Gasteiger partial charge in [-0.2, -0.15) is 0 Å². The summed E-state index contributed by atoms with van der Waals surface area (Å²) in [4.78, 5) is 28.2. The van der Waals surface area contributed by atoms with E-state index in [1.54, 1.807) is 0 Å². The molecule has 82 valence electrons. The number of amides is 1. The van der Waals surface area contributed by atoms with Crippen LogP contribution in [0.4, 0.5) is 0 Å². The zero-order valence-corrected chi connectivity index (χ0v) is 8.54. The Hall–Kier alpha value is -1.69. The summed E-state index contributed by atoms with van der Waals surface area (Å²) in [5.41, 5.74) is -0.0965. The quantitative estimate of drug-likeness (QED) is 0.550. The van der Waals surface area contributed by atoms with Crippen LogP contribution in [0.25, 0.3) is 0 Å². The Morgan fingerprint density at radius 3 is 2.93 bits per heavy atom. The third-order valence-corrected chi connectivity index (χ3v) is 1.79. The van der Waals surface area contributed by atoms with Gasteiger partial charge in [0.15, 0.2) is 0 Å². The predicted molar refractivity (Wildman–Crippen MR) is 55.7 cm³/mol. The van der Waals surface area contributed by atoms with Crippen LogP contribution in [0.3, 0.4) is 0 Å². The van der Waals surface area contributed by atoms with Crippen LogP contribution in [0.1, 0.15) is 16.9 Å². The molecule has 0 bridgehead atoms. The molecule has 1 amide bonds. The first-order valence-electron chi connectivity index (χ1n) is 4.71. The average molecular weight is 210 g/mol. The molecule has 0 aliphatic carbocycles. The summed E-state index contributed by atoms with van der Waals surface area (Å²) in [7, 11) is 1.85. The van der Waals surface area contributed by atoms with E-state index in [-0.39, 0.29) is 17.2 Å². The van der Waals surface area contributed by atoms with Gasteiger partial charge >= 0.3 is 0 Å². The summed E-state index contributed by atoms with van der Waals surface area (Å²) >= 11 is 0. The van der Waals surface area contributed by atoms with E-state index in [2.05, 4.69) is 20.6 Å². The second kappa shape index (κ2) is 5.92. The van der Waals surface area contributed by atoms with Crippen LogP contribution in [-0.2, 0) is 0 Å². The maximum atomic E-state index is 11.4. The highest BCUT2D eigenvalue weighted by atomic mass is 16.2. The van der Waals surface area contributed by atoms with Gasteiger partial charge in [0.2, 0.25) is 0 Å². The van der Waals surface area contributed by atoms with Gasteiger partial charge in [-0.25, -0.2) is 4.98 Å². The van der Waals surface area contributed by atoms with Crippen molar-refractivity contribution in [1.29, 1.82) is 0 Å². The van der Waals surface area contributed by atoms with Crippen LogP contribution in [0.5, 0.6) is 0 Å². The van der Waals surface area contributed by atoms with E-state index >= 15 is 0 Å². The first-order chi connectivity index (χ1) is 7.24. The number of hydrogen-bond donors (Lipinski definition) is 3. The van der Waals surface area contributed by atoms with Gasteiger partial charge in [-0.3, -0.25) is 9.59 Å². The molecule has 6 heteroatoms. The minimum absolute atomic E-state index is 0.221. The number of hydrogen-bond acceptors (Lipinski definition) is 4. The molecule has 0 aliphatic heterocycles. The van der Waals surface area contributed by atoms with Crippen molar-refractivity contribution in [3.63, 3.8) is 0 Å². The Bertz CT molecular complexity index is 354. The summed E-state index contributed by atoms with van der Waals surface area (Å²) in [6, 6.07) is 0. The van der Waals surface area contributed by atoms with Crippen LogP contribution in [0.2, 0.25) is 0 Å². The molecule has 1 aromatic heterocycles. The fourth-order valence-corrected chi connectivity index (χ4v) is 1.02. The molecule has 0 saturated carbocycles. The summed E-state index contributed by atoms with van der Waals surface area (Å²) < 4.78 is 0. The van der Waals surface area contributed by atoms with Crippen molar-refractivity contribution >= 4 is 5.91 Å². The highest BCUT2D eigenvalue weighted by Crippen LogP contribution is 1.87. The lowest BCUT2D eigenvalue weighted by atomic mass is 10.4. The van der Waals surface area contributed by atoms with Crippen molar-refractivity contribution in [2.24, 2.45) is 0 Å². The summed E-state index contributed by atoms with van der Waals surface area (Å²) in [5, 5.41) is 5.66. The molecule has 0 spiro atoms. The molecule has 1 aromatic rings. The lowest BCUT2D eigenvalue weighted by Gasteiger charge is -2.03. The number of aromatic nitrogens is 2. The number of H-pyrrole nitrogens is 1.